The quantitative estimate of drug-likeness (QED) is 0.352. The second-order valence-corrected chi connectivity index (χ2v) is 8.42. The molecule has 178 valence electrons. The molecule has 0 atom stereocenters. The molecule has 8 nitrogen and oxygen atoms in total. The number of anilines is 2. The van der Waals surface area contributed by atoms with Gasteiger partial charge in [0.2, 0.25) is 0 Å². The zero-order valence-electron chi connectivity index (χ0n) is 18.3. The highest BCUT2D eigenvalue weighted by molar-refractivity contribution is 7.99. The summed E-state index contributed by atoms with van der Waals surface area (Å²) in [4.78, 5) is 27.9. The van der Waals surface area contributed by atoms with Crippen LogP contribution in [0.3, 0.4) is 0 Å². The van der Waals surface area contributed by atoms with Gasteiger partial charge in [-0.05, 0) is 60.7 Å². The van der Waals surface area contributed by atoms with Gasteiger partial charge in [-0.1, -0.05) is 0 Å². The number of fused-ring (bicyclic) bond motifs is 1. The first kappa shape index (κ1) is 23.8. The van der Waals surface area contributed by atoms with Crippen LogP contribution in [0.25, 0.3) is 5.69 Å². The summed E-state index contributed by atoms with van der Waals surface area (Å²) in [5.74, 6) is 1.84. The number of benzene rings is 2. The summed E-state index contributed by atoms with van der Waals surface area (Å²) in [5.41, 5.74) is 5.83. The molecular formula is C25H21FN4O4S. The van der Waals surface area contributed by atoms with E-state index in [1.807, 2.05) is 30.3 Å². The summed E-state index contributed by atoms with van der Waals surface area (Å²) in [6.07, 6.45) is 3.19. The van der Waals surface area contributed by atoms with E-state index in [2.05, 4.69) is 10.3 Å². The number of nitrogens with one attached hydrogen (secondary N) is 1. The molecule has 0 fully saturated rings. The van der Waals surface area contributed by atoms with E-state index >= 15 is 0 Å². The van der Waals surface area contributed by atoms with E-state index in [9.17, 15) is 14.0 Å². The van der Waals surface area contributed by atoms with Crippen molar-refractivity contribution in [2.45, 2.75) is 4.90 Å². The van der Waals surface area contributed by atoms with Crippen LogP contribution >= 0.6 is 11.8 Å². The third-order valence-electron chi connectivity index (χ3n) is 4.90. The van der Waals surface area contributed by atoms with Gasteiger partial charge < -0.3 is 20.9 Å². The first-order chi connectivity index (χ1) is 16.9. The molecule has 1 aliphatic rings. The van der Waals surface area contributed by atoms with E-state index in [0.29, 0.717) is 5.69 Å². The van der Waals surface area contributed by atoms with Crippen LogP contribution in [0.15, 0.2) is 88.8 Å². The van der Waals surface area contributed by atoms with Gasteiger partial charge in [0.05, 0.1) is 4.90 Å². The number of ether oxygens (including phenoxy) is 1. The number of carboxylic acids is 1. The molecule has 0 unspecified atom stereocenters. The van der Waals surface area contributed by atoms with Crippen LogP contribution < -0.4 is 21.3 Å². The average molecular weight is 493 g/mol. The number of aromatic carboxylic acids is 1. The lowest BCUT2D eigenvalue weighted by Gasteiger charge is -2.19. The number of carbonyl (C=O) groups is 1. The van der Waals surface area contributed by atoms with Crippen molar-refractivity contribution in [3.8, 4) is 17.2 Å². The van der Waals surface area contributed by atoms with Gasteiger partial charge in [0.15, 0.2) is 0 Å². The van der Waals surface area contributed by atoms with E-state index in [1.165, 1.54) is 42.6 Å². The molecule has 2 aromatic heterocycles. The molecule has 5 rings (SSSR count). The lowest BCUT2D eigenvalue weighted by atomic mass is 10.2. The number of nitrogen functional groups attached to an aromatic ring is 1. The Kier molecular flexibility index (Phi) is 7.32. The fourth-order valence-corrected chi connectivity index (χ4v) is 4.15. The molecule has 1 aliphatic heterocycles. The molecule has 0 saturated heterocycles. The topological polar surface area (TPSA) is 119 Å². The maximum atomic E-state index is 12.7. The van der Waals surface area contributed by atoms with E-state index in [0.717, 1.165) is 44.8 Å². The summed E-state index contributed by atoms with van der Waals surface area (Å²) in [7, 11) is 0. The van der Waals surface area contributed by atoms with Crippen molar-refractivity contribution >= 4 is 29.2 Å². The summed E-state index contributed by atoms with van der Waals surface area (Å²) < 4.78 is 19.8. The van der Waals surface area contributed by atoms with Gasteiger partial charge in [-0.25, -0.2) is 14.2 Å². The van der Waals surface area contributed by atoms with Crippen LogP contribution in [0.5, 0.6) is 11.5 Å². The Hall–Kier alpha value is -4.31. The Morgan fingerprint density at radius 1 is 1.11 bits per heavy atom. The van der Waals surface area contributed by atoms with Gasteiger partial charge in [0, 0.05) is 42.1 Å². The van der Waals surface area contributed by atoms with E-state index in [-0.39, 0.29) is 5.56 Å². The third kappa shape index (κ3) is 5.79. The van der Waals surface area contributed by atoms with Crippen LogP contribution in [-0.4, -0.2) is 32.9 Å². The monoisotopic (exact) mass is 492 g/mol. The van der Waals surface area contributed by atoms with Gasteiger partial charge in [-0.15, -0.1) is 11.8 Å². The average Bonchev–Trinajstić information content (AvgIpc) is 2.87. The second-order valence-electron chi connectivity index (χ2n) is 7.31. The van der Waals surface area contributed by atoms with Crippen LogP contribution in [0.4, 0.5) is 15.9 Å². The second kappa shape index (κ2) is 10.7. The number of rotatable bonds is 4. The zero-order chi connectivity index (χ0) is 24.8. The summed E-state index contributed by atoms with van der Waals surface area (Å²) in [5, 5.41) is 12.1. The highest BCUT2D eigenvalue weighted by Gasteiger charge is 2.16. The number of pyridine rings is 2. The molecule has 0 aliphatic carbocycles. The SMILES string of the molecule is Nc1ccc(Oc2ccnc3c2SCCN3)cc1.O=C(O)c1cccn(-c2ccc(F)cc2)c1=O. The molecule has 4 N–H and O–H groups in total. The lowest BCUT2D eigenvalue weighted by molar-refractivity contribution is 0.0694. The Labute approximate surface area is 204 Å². The normalized spacial score (nSPS) is 11.9. The van der Waals surface area contributed by atoms with Crippen molar-refractivity contribution in [3.05, 3.63) is 101 Å². The molecule has 4 aromatic rings. The number of hydrogen-bond acceptors (Lipinski definition) is 7. The summed E-state index contributed by atoms with van der Waals surface area (Å²) >= 11 is 1.76. The van der Waals surface area contributed by atoms with Crippen molar-refractivity contribution in [3.63, 3.8) is 0 Å². The Morgan fingerprint density at radius 3 is 2.57 bits per heavy atom. The molecule has 3 heterocycles. The predicted octanol–water partition coefficient (Wildman–Crippen LogP) is 4.65. The first-order valence-corrected chi connectivity index (χ1v) is 11.5. The van der Waals surface area contributed by atoms with Crippen LogP contribution in [-0.2, 0) is 0 Å². The van der Waals surface area contributed by atoms with Gasteiger partial charge in [0.25, 0.3) is 5.56 Å². The largest absolute Gasteiger partial charge is 0.477 e. The van der Waals surface area contributed by atoms with Crippen LogP contribution in [0, 0.1) is 5.82 Å². The third-order valence-corrected chi connectivity index (χ3v) is 5.99. The minimum Gasteiger partial charge on any atom is -0.477 e. The van der Waals surface area contributed by atoms with E-state index in [1.54, 1.807) is 18.0 Å². The maximum absolute atomic E-state index is 12.7. The van der Waals surface area contributed by atoms with Crippen molar-refractivity contribution in [2.75, 3.05) is 23.3 Å². The molecule has 2 aromatic carbocycles. The number of aromatic nitrogens is 2. The predicted molar refractivity (Wildman–Crippen MR) is 133 cm³/mol. The summed E-state index contributed by atoms with van der Waals surface area (Å²) in [6, 6.07) is 17.2. The molecule has 0 saturated carbocycles. The van der Waals surface area contributed by atoms with Crippen molar-refractivity contribution in [2.24, 2.45) is 0 Å². The number of carboxylic acid groups (broad SMARTS) is 1. The van der Waals surface area contributed by atoms with E-state index < -0.39 is 17.3 Å². The Morgan fingerprint density at radius 2 is 1.86 bits per heavy atom. The van der Waals surface area contributed by atoms with Crippen LogP contribution in [0.1, 0.15) is 10.4 Å². The molecule has 35 heavy (non-hydrogen) atoms. The molecule has 0 bridgehead atoms. The summed E-state index contributed by atoms with van der Waals surface area (Å²) in [6.45, 7) is 0.940. The minimum atomic E-state index is -1.29. The van der Waals surface area contributed by atoms with E-state index in [4.69, 9.17) is 15.6 Å². The standard InChI is InChI=1S/C13H13N3OS.C12H8FNO3/c14-9-1-3-10(4-2-9)17-11-5-6-15-13-12(11)18-8-7-16-13;13-8-3-5-9(6-4-8)14-7-1-2-10(11(14)15)12(16)17/h1-6H,7-8,14H2,(H,15,16);1-7H,(H,16,17). The highest BCUT2D eigenvalue weighted by Crippen LogP contribution is 2.39. The Bertz CT molecular complexity index is 1390. The fraction of sp³-hybridized carbons (Fsp3) is 0.0800. The molecule has 10 heteroatoms. The smallest absolute Gasteiger partial charge is 0.341 e. The molecular weight excluding hydrogens is 471 g/mol. The molecule has 0 radical (unpaired) electrons. The fourth-order valence-electron chi connectivity index (χ4n) is 3.22. The van der Waals surface area contributed by atoms with Gasteiger partial charge in [-0.2, -0.15) is 0 Å². The van der Waals surface area contributed by atoms with Gasteiger partial charge >= 0.3 is 5.97 Å². The number of nitrogens with zero attached hydrogens (tertiary/aromatic N) is 2. The first-order valence-electron chi connectivity index (χ1n) is 10.5. The lowest BCUT2D eigenvalue weighted by Crippen LogP contribution is -2.24. The zero-order valence-corrected chi connectivity index (χ0v) is 19.2. The number of halogens is 1. The van der Waals surface area contributed by atoms with Crippen molar-refractivity contribution in [1.82, 2.24) is 9.55 Å². The Balaban J connectivity index is 0.000000165. The van der Waals surface area contributed by atoms with Crippen molar-refractivity contribution < 1.29 is 19.0 Å². The highest BCUT2D eigenvalue weighted by atomic mass is 32.2. The minimum absolute atomic E-state index is 0.322. The number of thioether (sulfide) groups is 1. The van der Waals surface area contributed by atoms with Crippen LogP contribution in [0.2, 0.25) is 0 Å². The number of nitrogens with two attached hydrogens (primary N) is 1. The van der Waals surface area contributed by atoms with Gasteiger partial charge in [-0.3, -0.25) is 9.36 Å². The number of hydrogen-bond donors (Lipinski definition) is 3. The molecule has 0 spiro atoms. The van der Waals surface area contributed by atoms with Gasteiger partial charge in [0.1, 0.15) is 28.7 Å². The maximum Gasteiger partial charge on any atom is 0.341 e. The van der Waals surface area contributed by atoms with Crippen molar-refractivity contribution in [1.29, 1.82) is 0 Å². The molecule has 0 amide bonds.